The van der Waals surface area contributed by atoms with E-state index in [1.807, 2.05) is 36.7 Å². The molecule has 174 valence electrons. The molecule has 0 bridgehead atoms. The second-order valence-electron chi connectivity index (χ2n) is 8.15. The van der Waals surface area contributed by atoms with Crippen LogP contribution in [0, 0.1) is 6.92 Å². The molecule has 0 saturated heterocycles. The van der Waals surface area contributed by atoms with Crippen LogP contribution in [-0.2, 0) is 19.5 Å². The molecule has 0 aliphatic carbocycles. The average Bonchev–Trinajstić information content (AvgIpc) is 3.49. The van der Waals surface area contributed by atoms with E-state index < -0.39 is 0 Å². The standard InChI is InChI=1S/C26H25ClN3OS3/c1-4-30-23(16-22-29(13-14-32-22)12-11-18-8-6-5-7-17(18)2)34-24(25(30)31)26-28(3)20-10-9-19(27)15-21(20)33-26/h5-10,13-16H,4,11-12H2,1-3H3/q+1/b26-24+. The number of aryl methyl sites for hydroxylation is 3. The van der Waals surface area contributed by atoms with Gasteiger partial charge in [0.25, 0.3) is 10.6 Å². The lowest BCUT2D eigenvalue weighted by Gasteiger charge is -2.12. The highest BCUT2D eigenvalue weighted by atomic mass is 35.5. The van der Waals surface area contributed by atoms with E-state index in [9.17, 15) is 4.79 Å². The maximum atomic E-state index is 13.4. The largest absolute Gasteiger partial charge is 0.337 e. The molecular weight excluding hydrogens is 502 g/mol. The van der Waals surface area contributed by atoms with Gasteiger partial charge in [0.05, 0.1) is 17.1 Å². The third-order valence-corrected chi connectivity index (χ3v) is 9.61. The zero-order valence-electron chi connectivity index (χ0n) is 19.2. The molecule has 0 N–H and O–H groups in total. The number of hydrogen-bond acceptors (Lipinski definition) is 5. The Morgan fingerprint density at radius 1 is 1.18 bits per heavy atom. The normalized spacial score (nSPS) is 15.3. The molecule has 8 heteroatoms. The molecule has 0 fully saturated rings. The molecular formula is C26H25ClN3OS3+. The number of halogens is 1. The van der Waals surface area contributed by atoms with Crippen molar-refractivity contribution in [3.63, 3.8) is 0 Å². The molecule has 5 rings (SSSR count). The first kappa shape index (κ1) is 23.4. The van der Waals surface area contributed by atoms with Gasteiger partial charge < -0.3 is 4.90 Å². The fraction of sp³-hybridized carbons (Fsp3) is 0.231. The average molecular weight is 527 g/mol. The van der Waals surface area contributed by atoms with Crippen molar-refractivity contribution in [3.8, 4) is 0 Å². The van der Waals surface area contributed by atoms with Gasteiger partial charge in [-0.2, -0.15) is 4.57 Å². The summed E-state index contributed by atoms with van der Waals surface area (Å²) in [5.41, 5.74) is 3.84. The summed E-state index contributed by atoms with van der Waals surface area (Å²) in [5.74, 6) is 0. The number of fused-ring (bicyclic) bond motifs is 1. The van der Waals surface area contributed by atoms with E-state index in [0.29, 0.717) is 11.6 Å². The number of hydrogen-bond donors (Lipinski definition) is 0. The second kappa shape index (κ2) is 9.74. The highest BCUT2D eigenvalue weighted by Crippen LogP contribution is 2.46. The molecule has 0 amide bonds. The van der Waals surface area contributed by atoms with Crippen molar-refractivity contribution in [2.24, 2.45) is 0 Å². The zero-order chi connectivity index (χ0) is 23.8. The van der Waals surface area contributed by atoms with Crippen molar-refractivity contribution in [3.05, 3.63) is 94.7 Å². The van der Waals surface area contributed by atoms with Crippen LogP contribution < -0.4 is 24.2 Å². The number of thioether (sulfide) groups is 1. The van der Waals surface area contributed by atoms with Crippen LogP contribution >= 0.6 is 46.0 Å². The minimum absolute atomic E-state index is 0.0648. The van der Waals surface area contributed by atoms with Crippen LogP contribution in [0.4, 0.5) is 5.69 Å². The number of benzene rings is 2. The van der Waals surface area contributed by atoms with E-state index in [4.69, 9.17) is 11.6 Å². The third kappa shape index (κ3) is 4.38. The molecule has 0 saturated carbocycles. The monoisotopic (exact) mass is 526 g/mol. The van der Waals surface area contributed by atoms with E-state index in [1.54, 1.807) is 34.4 Å². The van der Waals surface area contributed by atoms with Crippen LogP contribution in [0.3, 0.4) is 0 Å². The molecule has 0 atom stereocenters. The highest BCUT2D eigenvalue weighted by Gasteiger charge is 2.25. The summed E-state index contributed by atoms with van der Waals surface area (Å²) < 4.78 is 5.91. The van der Waals surface area contributed by atoms with E-state index in [1.165, 1.54) is 11.1 Å². The maximum Gasteiger partial charge on any atom is 0.271 e. The van der Waals surface area contributed by atoms with Crippen LogP contribution in [0.1, 0.15) is 23.1 Å². The van der Waals surface area contributed by atoms with Crippen LogP contribution in [0.2, 0.25) is 5.02 Å². The van der Waals surface area contributed by atoms with Crippen molar-refractivity contribution in [1.29, 1.82) is 0 Å². The summed E-state index contributed by atoms with van der Waals surface area (Å²) in [5, 5.41) is 4.94. The summed E-state index contributed by atoms with van der Waals surface area (Å²) in [7, 11) is 2.01. The number of rotatable bonds is 5. The molecule has 0 unspecified atom stereocenters. The zero-order valence-corrected chi connectivity index (χ0v) is 22.5. The minimum Gasteiger partial charge on any atom is -0.337 e. The molecule has 34 heavy (non-hydrogen) atoms. The number of aromatic nitrogens is 2. The Kier molecular flexibility index (Phi) is 6.71. The van der Waals surface area contributed by atoms with Crippen molar-refractivity contribution < 1.29 is 4.57 Å². The van der Waals surface area contributed by atoms with E-state index in [2.05, 4.69) is 58.3 Å². The predicted octanol–water partition coefficient (Wildman–Crippen LogP) is 4.62. The number of anilines is 1. The van der Waals surface area contributed by atoms with Crippen molar-refractivity contribution in [2.75, 3.05) is 11.9 Å². The first-order valence-electron chi connectivity index (χ1n) is 11.1. The van der Waals surface area contributed by atoms with E-state index >= 15 is 0 Å². The Morgan fingerprint density at radius 3 is 2.79 bits per heavy atom. The van der Waals surface area contributed by atoms with Crippen molar-refractivity contribution >= 4 is 62.8 Å². The quantitative estimate of drug-likeness (QED) is 0.355. The number of nitrogens with zero attached hydrogens (tertiary/aromatic N) is 3. The summed E-state index contributed by atoms with van der Waals surface area (Å²) >= 11 is 11.1. The first-order chi connectivity index (χ1) is 16.5. The van der Waals surface area contributed by atoms with Crippen LogP contribution in [0.25, 0.3) is 11.1 Å². The van der Waals surface area contributed by atoms with Gasteiger partial charge in [-0.05, 0) is 43.2 Å². The Balaban J connectivity index is 1.54. The van der Waals surface area contributed by atoms with Crippen molar-refractivity contribution in [1.82, 2.24) is 4.57 Å². The van der Waals surface area contributed by atoms with Gasteiger partial charge in [-0.1, -0.05) is 59.0 Å². The van der Waals surface area contributed by atoms with Gasteiger partial charge in [-0.3, -0.25) is 9.36 Å². The van der Waals surface area contributed by atoms with Gasteiger partial charge in [-0.15, -0.1) is 11.3 Å². The molecule has 0 spiro atoms. The first-order valence-corrected chi connectivity index (χ1v) is 14.0. The summed E-state index contributed by atoms with van der Waals surface area (Å²) in [4.78, 5) is 16.6. The van der Waals surface area contributed by atoms with Crippen LogP contribution in [0.5, 0.6) is 0 Å². The smallest absolute Gasteiger partial charge is 0.271 e. The Labute approximate surface area is 216 Å². The van der Waals surface area contributed by atoms with E-state index in [-0.39, 0.29) is 5.56 Å². The Hall–Kier alpha value is -2.32. The minimum atomic E-state index is 0.0648. The fourth-order valence-electron chi connectivity index (χ4n) is 4.15. The summed E-state index contributed by atoms with van der Waals surface area (Å²) in [6.07, 6.45) is 5.27. The molecule has 3 heterocycles. The molecule has 2 aromatic carbocycles. The lowest BCUT2D eigenvalue weighted by molar-refractivity contribution is -0.693. The van der Waals surface area contributed by atoms with E-state index in [0.717, 1.165) is 42.8 Å². The van der Waals surface area contributed by atoms with Gasteiger partial charge in [0.1, 0.15) is 14.2 Å². The van der Waals surface area contributed by atoms with Crippen LogP contribution in [0.15, 0.2) is 63.7 Å². The van der Waals surface area contributed by atoms with Gasteiger partial charge in [0.15, 0.2) is 12.7 Å². The van der Waals surface area contributed by atoms with Gasteiger partial charge in [0, 0.05) is 29.9 Å². The molecule has 2 aromatic heterocycles. The molecule has 4 aromatic rings. The fourth-order valence-corrected chi connectivity index (χ4v) is 7.77. The third-order valence-electron chi connectivity index (χ3n) is 6.06. The van der Waals surface area contributed by atoms with Gasteiger partial charge in [0.2, 0.25) is 0 Å². The van der Waals surface area contributed by atoms with Gasteiger partial charge in [-0.25, -0.2) is 0 Å². The topological polar surface area (TPSA) is 29.1 Å². The second-order valence-corrected chi connectivity index (χ2v) is 11.6. The highest BCUT2D eigenvalue weighted by molar-refractivity contribution is 8.08. The maximum absolute atomic E-state index is 13.4. The molecule has 0 radical (unpaired) electrons. The molecule has 4 nitrogen and oxygen atoms in total. The predicted molar refractivity (Wildman–Crippen MR) is 146 cm³/mol. The molecule has 1 aliphatic heterocycles. The van der Waals surface area contributed by atoms with Crippen molar-refractivity contribution in [2.45, 2.75) is 38.3 Å². The lowest BCUT2D eigenvalue weighted by Crippen LogP contribution is -2.36. The Bertz CT molecular complexity index is 1550. The Morgan fingerprint density at radius 2 is 2.00 bits per heavy atom. The van der Waals surface area contributed by atoms with Crippen LogP contribution in [-0.4, -0.2) is 11.6 Å². The molecule has 1 aliphatic rings. The SMILES string of the molecule is CCn1c(=O)/c(=C2\Sc3cc(Cl)ccc3N2C)s/c1=C\c1scc[n+]1CCc1ccccc1C. The lowest BCUT2D eigenvalue weighted by atomic mass is 10.1. The summed E-state index contributed by atoms with van der Waals surface area (Å²) in [6, 6.07) is 14.4. The number of thiazole rings is 2. The summed E-state index contributed by atoms with van der Waals surface area (Å²) in [6.45, 7) is 5.73. The van der Waals surface area contributed by atoms with Gasteiger partial charge >= 0.3 is 0 Å².